The van der Waals surface area contributed by atoms with E-state index in [9.17, 15) is 4.79 Å². The zero-order chi connectivity index (χ0) is 17.9. The van der Waals surface area contributed by atoms with Crippen LogP contribution in [0.3, 0.4) is 0 Å². The molecule has 3 rings (SSSR count). The van der Waals surface area contributed by atoms with Crippen LogP contribution in [0, 0.1) is 0 Å². The maximum atomic E-state index is 12.3. The van der Waals surface area contributed by atoms with Crippen molar-refractivity contribution >= 4 is 17.5 Å². The third-order valence-electron chi connectivity index (χ3n) is 3.83. The van der Waals surface area contributed by atoms with E-state index < -0.39 is 0 Å². The summed E-state index contributed by atoms with van der Waals surface area (Å²) in [7, 11) is 0. The number of benzene rings is 2. The number of hydrogen-bond donors (Lipinski definition) is 0. The molecular formula is C20H20N2O2S. The Morgan fingerprint density at radius 2 is 1.68 bits per heavy atom. The van der Waals surface area contributed by atoms with Gasteiger partial charge in [0, 0.05) is 11.1 Å². The summed E-state index contributed by atoms with van der Waals surface area (Å²) >= 11 is 1.26. The van der Waals surface area contributed by atoms with Gasteiger partial charge in [-0.3, -0.25) is 4.79 Å². The molecule has 1 aromatic heterocycles. The number of nitrogens with zero attached hydrogens (tertiary/aromatic N) is 2. The molecule has 0 unspecified atom stereocenters. The summed E-state index contributed by atoms with van der Waals surface area (Å²) in [4.78, 5) is 12.3. The van der Waals surface area contributed by atoms with Gasteiger partial charge in [0.05, 0.1) is 5.75 Å². The number of Topliss-reactive ketones (excluding diaryl/α,β-unsaturated/α-hetero) is 1. The van der Waals surface area contributed by atoms with Crippen molar-refractivity contribution in [3.05, 3.63) is 65.7 Å². The standard InChI is InChI=1S/C20H20N2O2S/c1-20(2,3)16-11-9-14(10-12-16)17(23)13-25-19-22-21-18(24-19)15-7-5-4-6-8-15/h4-12H,13H2,1-3H3. The van der Waals surface area contributed by atoms with E-state index in [-0.39, 0.29) is 17.0 Å². The lowest BCUT2D eigenvalue weighted by molar-refractivity contribution is 0.102. The number of thioether (sulfide) groups is 1. The van der Waals surface area contributed by atoms with E-state index in [4.69, 9.17) is 4.42 Å². The van der Waals surface area contributed by atoms with Crippen LogP contribution in [0.2, 0.25) is 0 Å². The Labute approximate surface area is 151 Å². The average molecular weight is 352 g/mol. The molecule has 2 aromatic carbocycles. The van der Waals surface area contributed by atoms with Crippen LogP contribution in [0.1, 0.15) is 36.7 Å². The van der Waals surface area contributed by atoms with Gasteiger partial charge in [0.25, 0.3) is 5.22 Å². The second kappa shape index (κ2) is 7.23. The van der Waals surface area contributed by atoms with Gasteiger partial charge >= 0.3 is 0 Å². The van der Waals surface area contributed by atoms with E-state index in [0.29, 0.717) is 16.7 Å². The molecule has 0 radical (unpaired) electrons. The first-order valence-corrected chi connectivity index (χ1v) is 9.07. The first-order valence-electron chi connectivity index (χ1n) is 8.09. The normalized spacial score (nSPS) is 11.5. The van der Waals surface area contributed by atoms with Crippen molar-refractivity contribution in [2.75, 3.05) is 5.75 Å². The number of rotatable bonds is 5. The Morgan fingerprint density at radius 3 is 2.32 bits per heavy atom. The van der Waals surface area contributed by atoms with Crippen LogP contribution in [0.15, 0.2) is 64.2 Å². The summed E-state index contributed by atoms with van der Waals surface area (Å²) in [5, 5.41) is 8.43. The molecule has 25 heavy (non-hydrogen) atoms. The van der Waals surface area contributed by atoms with Crippen molar-refractivity contribution in [2.45, 2.75) is 31.4 Å². The molecule has 0 aliphatic carbocycles. The van der Waals surface area contributed by atoms with Gasteiger partial charge in [-0.2, -0.15) is 0 Å². The van der Waals surface area contributed by atoms with E-state index in [0.717, 1.165) is 5.56 Å². The van der Waals surface area contributed by atoms with Gasteiger partial charge in [0.2, 0.25) is 5.89 Å². The summed E-state index contributed by atoms with van der Waals surface area (Å²) < 4.78 is 5.61. The number of carbonyl (C=O) groups is 1. The van der Waals surface area contributed by atoms with Crippen LogP contribution in [0.4, 0.5) is 0 Å². The SMILES string of the molecule is CC(C)(C)c1ccc(C(=O)CSc2nnc(-c3ccccc3)o2)cc1. The van der Waals surface area contributed by atoms with Crippen molar-refractivity contribution in [1.82, 2.24) is 10.2 Å². The van der Waals surface area contributed by atoms with Crippen LogP contribution >= 0.6 is 11.8 Å². The number of ketones is 1. The quantitative estimate of drug-likeness (QED) is 0.477. The van der Waals surface area contributed by atoms with Crippen LogP contribution < -0.4 is 0 Å². The third kappa shape index (κ3) is 4.37. The smallest absolute Gasteiger partial charge is 0.277 e. The second-order valence-electron chi connectivity index (χ2n) is 6.78. The Morgan fingerprint density at radius 1 is 1.00 bits per heavy atom. The minimum Gasteiger partial charge on any atom is -0.411 e. The summed E-state index contributed by atoms with van der Waals surface area (Å²) in [5.41, 5.74) is 2.85. The molecule has 5 heteroatoms. The van der Waals surface area contributed by atoms with Crippen LogP contribution in [-0.2, 0) is 5.41 Å². The van der Waals surface area contributed by atoms with Crippen LogP contribution in [0.5, 0.6) is 0 Å². The minimum atomic E-state index is 0.0462. The first kappa shape index (κ1) is 17.4. The summed E-state index contributed by atoms with van der Waals surface area (Å²) in [6, 6.07) is 17.4. The molecule has 128 valence electrons. The third-order valence-corrected chi connectivity index (χ3v) is 4.65. The van der Waals surface area contributed by atoms with Crippen molar-refractivity contribution in [2.24, 2.45) is 0 Å². The van der Waals surface area contributed by atoms with Gasteiger partial charge in [-0.25, -0.2) is 0 Å². The molecule has 0 spiro atoms. The molecule has 4 nitrogen and oxygen atoms in total. The van der Waals surface area contributed by atoms with Crippen molar-refractivity contribution in [1.29, 1.82) is 0 Å². The highest BCUT2D eigenvalue weighted by Gasteiger charge is 2.15. The lowest BCUT2D eigenvalue weighted by atomic mass is 9.86. The van der Waals surface area contributed by atoms with E-state index in [2.05, 4.69) is 31.0 Å². The Hall–Kier alpha value is -2.40. The molecule has 0 atom stereocenters. The lowest BCUT2D eigenvalue weighted by Gasteiger charge is -2.18. The molecule has 0 fully saturated rings. The molecule has 0 amide bonds. The molecule has 0 bridgehead atoms. The molecule has 0 saturated carbocycles. The van der Waals surface area contributed by atoms with Gasteiger partial charge in [-0.15, -0.1) is 10.2 Å². The summed E-state index contributed by atoms with van der Waals surface area (Å²) in [6.07, 6.45) is 0. The maximum absolute atomic E-state index is 12.3. The molecule has 0 saturated heterocycles. The molecule has 0 N–H and O–H groups in total. The predicted molar refractivity (Wildman–Crippen MR) is 99.9 cm³/mol. The van der Waals surface area contributed by atoms with Crippen molar-refractivity contribution in [3.63, 3.8) is 0 Å². The molecule has 0 aliphatic rings. The maximum Gasteiger partial charge on any atom is 0.277 e. The van der Waals surface area contributed by atoms with Gasteiger partial charge in [0.15, 0.2) is 5.78 Å². The highest BCUT2D eigenvalue weighted by Crippen LogP contribution is 2.25. The highest BCUT2D eigenvalue weighted by atomic mass is 32.2. The van der Waals surface area contributed by atoms with E-state index in [1.807, 2.05) is 54.6 Å². The van der Waals surface area contributed by atoms with E-state index in [1.54, 1.807) is 0 Å². The number of hydrogen-bond acceptors (Lipinski definition) is 5. The van der Waals surface area contributed by atoms with Gasteiger partial charge in [-0.1, -0.05) is 75.0 Å². The van der Waals surface area contributed by atoms with Crippen LogP contribution in [-0.4, -0.2) is 21.7 Å². The Bertz CT molecular complexity index is 849. The zero-order valence-electron chi connectivity index (χ0n) is 14.5. The van der Waals surface area contributed by atoms with Gasteiger partial charge in [-0.05, 0) is 23.1 Å². The number of carbonyl (C=O) groups excluding carboxylic acids is 1. The fourth-order valence-corrected chi connectivity index (χ4v) is 2.99. The fraction of sp³-hybridized carbons (Fsp3) is 0.250. The molecule has 1 heterocycles. The number of aromatic nitrogens is 2. The predicted octanol–water partition coefficient (Wildman–Crippen LogP) is 5.01. The fourth-order valence-electron chi connectivity index (χ4n) is 2.33. The largest absolute Gasteiger partial charge is 0.411 e. The average Bonchev–Trinajstić information content (AvgIpc) is 3.09. The van der Waals surface area contributed by atoms with Gasteiger partial charge < -0.3 is 4.42 Å². The first-order chi connectivity index (χ1) is 11.9. The van der Waals surface area contributed by atoms with E-state index in [1.165, 1.54) is 17.3 Å². The second-order valence-corrected chi connectivity index (χ2v) is 7.70. The van der Waals surface area contributed by atoms with Gasteiger partial charge in [0.1, 0.15) is 0 Å². The molecule has 0 aliphatic heterocycles. The minimum absolute atomic E-state index is 0.0462. The Balaban J connectivity index is 1.62. The van der Waals surface area contributed by atoms with Crippen molar-refractivity contribution in [3.8, 4) is 11.5 Å². The Kier molecular flexibility index (Phi) is 5.04. The summed E-state index contributed by atoms with van der Waals surface area (Å²) in [6.45, 7) is 6.46. The van der Waals surface area contributed by atoms with Crippen molar-refractivity contribution < 1.29 is 9.21 Å². The summed E-state index contributed by atoms with van der Waals surface area (Å²) in [5.74, 6) is 0.778. The zero-order valence-corrected chi connectivity index (χ0v) is 15.3. The lowest BCUT2D eigenvalue weighted by Crippen LogP contribution is -2.11. The monoisotopic (exact) mass is 352 g/mol. The molecule has 3 aromatic rings. The highest BCUT2D eigenvalue weighted by molar-refractivity contribution is 7.99. The van der Waals surface area contributed by atoms with E-state index >= 15 is 0 Å². The molecular weight excluding hydrogens is 332 g/mol. The topological polar surface area (TPSA) is 56.0 Å². The van der Waals surface area contributed by atoms with Crippen LogP contribution in [0.25, 0.3) is 11.5 Å².